The number of hydrogen-bond donors (Lipinski definition) is 0. The minimum atomic E-state index is 0.349. The Labute approximate surface area is 112 Å². The highest BCUT2D eigenvalue weighted by Crippen LogP contribution is 2.35. The highest BCUT2D eigenvalue weighted by molar-refractivity contribution is 7.10. The van der Waals surface area contributed by atoms with Gasteiger partial charge in [-0.2, -0.15) is 0 Å². The third kappa shape index (κ3) is 2.37. The average molecular weight is 261 g/mol. The third-order valence-corrected chi connectivity index (χ3v) is 4.97. The van der Waals surface area contributed by atoms with Crippen molar-refractivity contribution in [3.63, 3.8) is 0 Å². The van der Waals surface area contributed by atoms with Crippen molar-refractivity contribution in [2.45, 2.75) is 38.1 Å². The average Bonchev–Trinajstić information content (AvgIpc) is 3.11. The summed E-state index contributed by atoms with van der Waals surface area (Å²) in [4.78, 5) is 15.9. The molecule has 18 heavy (non-hydrogen) atoms. The molecular weight excluding hydrogens is 242 g/mol. The molecule has 0 radical (unpaired) electrons. The Morgan fingerprint density at radius 3 is 3.11 bits per heavy atom. The number of amides is 1. The fourth-order valence-corrected chi connectivity index (χ4v) is 3.92. The van der Waals surface area contributed by atoms with E-state index in [-0.39, 0.29) is 0 Å². The van der Waals surface area contributed by atoms with Crippen LogP contribution in [0.4, 0.5) is 0 Å². The zero-order valence-electron chi connectivity index (χ0n) is 10.5. The number of hydrogen-bond acceptors (Lipinski definition) is 2. The number of rotatable bonds is 3. The van der Waals surface area contributed by atoms with Crippen LogP contribution < -0.4 is 0 Å². The van der Waals surface area contributed by atoms with Crippen LogP contribution in [0.5, 0.6) is 0 Å². The topological polar surface area (TPSA) is 20.3 Å². The second-order valence-electron chi connectivity index (χ2n) is 5.23. The minimum Gasteiger partial charge on any atom is -0.335 e. The summed E-state index contributed by atoms with van der Waals surface area (Å²) in [5.41, 5.74) is 0. The van der Waals surface area contributed by atoms with Crippen molar-refractivity contribution in [3.05, 3.63) is 34.5 Å². The zero-order chi connectivity index (χ0) is 12.4. The van der Waals surface area contributed by atoms with Gasteiger partial charge in [-0.25, -0.2) is 0 Å². The second kappa shape index (κ2) is 5.27. The molecule has 1 amide bonds. The molecule has 1 aromatic rings. The summed E-state index contributed by atoms with van der Waals surface area (Å²) >= 11 is 1.78. The summed E-state index contributed by atoms with van der Waals surface area (Å²) in [6.45, 7) is 0.942. The van der Waals surface area contributed by atoms with Crippen LogP contribution in [0.25, 0.3) is 0 Å². The van der Waals surface area contributed by atoms with Gasteiger partial charge in [0.05, 0.1) is 6.04 Å². The predicted octanol–water partition coefficient (Wildman–Crippen LogP) is 3.77. The molecule has 1 saturated heterocycles. The van der Waals surface area contributed by atoms with Crippen LogP contribution in [-0.4, -0.2) is 17.4 Å². The molecular formula is C15H19NOS. The van der Waals surface area contributed by atoms with Gasteiger partial charge in [-0.1, -0.05) is 18.2 Å². The van der Waals surface area contributed by atoms with Gasteiger partial charge in [0.2, 0.25) is 5.91 Å². The van der Waals surface area contributed by atoms with E-state index in [1.807, 2.05) is 0 Å². The van der Waals surface area contributed by atoms with Gasteiger partial charge in [0.25, 0.3) is 0 Å². The van der Waals surface area contributed by atoms with Crippen LogP contribution in [0.3, 0.4) is 0 Å². The van der Waals surface area contributed by atoms with Gasteiger partial charge in [-0.05, 0) is 43.0 Å². The lowest BCUT2D eigenvalue weighted by Crippen LogP contribution is -2.31. The Kier molecular flexibility index (Phi) is 3.50. The third-order valence-electron chi connectivity index (χ3n) is 3.99. The lowest BCUT2D eigenvalue weighted by atomic mass is 10.0. The minimum absolute atomic E-state index is 0.349. The molecule has 2 atom stereocenters. The molecule has 2 unspecified atom stereocenters. The quantitative estimate of drug-likeness (QED) is 0.758. The van der Waals surface area contributed by atoms with E-state index in [0.29, 0.717) is 24.3 Å². The van der Waals surface area contributed by atoms with Crippen molar-refractivity contribution < 1.29 is 4.79 Å². The van der Waals surface area contributed by atoms with Gasteiger partial charge in [0, 0.05) is 17.8 Å². The van der Waals surface area contributed by atoms with Gasteiger partial charge < -0.3 is 4.90 Å². The van der Waals surface area contributed by atoms with Crippen molar-refractivity contribution in [1.29, 1.82) is 0 Å². The van der Waals surface area contributed by atoms with Crippen LogP contribution in [0.2, 0.25) is 0 Å². The summed E-state index contributed by atoms with van der Waals surface area (Å²) in [5, 5.41) is 2.11. The van der Waals surface area contributed by atoms with Crippen molar-refractivity contribution in [2.24, 2.45) is 5.92 Å². The summed E-state index contributed by atoms with van der Waals surface area (Å²) in [6.07, 6.45) is 9.71. The van der Waals surface area contributed by atoms with E-state index in [2.05, 4.69) is 34.6 Å². The molecule has 2 aliphatic rings. The molecule has 1 aliphatic carbocycles. The molecule has 0 saturated carbocycles. The molecule has 0 aromatic carbocycles. The van der Waals surface area contributed by atoms with Gasteiger partial charge in [0.15, 0.2) is 0 Å². The maximum atomic E-state index is 12.4. The number of carbonyl (C=O) groups is 1. The van der Waals surface area contributed by atoms with E-state index in [1.54, 1.807) is 11.3 Å². The highest BCUT2D eigenvalue weighted by atomic mass is 32.1. The van der Waals surface area contributed by atoms with Crippen LogP contribution in [0, 0.1) is 5.92 Å². The van der Waals surface area contributed by atoms with E-state index < -0.39 is 0 Å². The van der Waals surface area contributed by atoms with E-state index in [0.717, 1.165) is 32.2 Å². The molecule has 1 fully saturated rings. The first kappa shape index (κ1) is 12.0. The first-order chi connectivity index (χ1) is 8.84. The number of allylic oxidation sites excluding steroid dienone is 2. The van der Waals surface area contributed by atoms with Crippen LogP contribution >= 0.6 is 11.3 Å². The summed E-state index contributed by atoms with van der Waals surface area (Å²) in [7, 11) is 0. The standard InChI is InChI=1S/C15H19NOS/c17-15(11-12-5-1-2-6-12)16-9-3-7-13(16)14-8-4-10-18-14/h1,4-5,8,10,12-13H,2-3,6-7,9,11H2. The predicted molar refractivity (Wildman–Crippen MR) is 74.5 cm³/mol. The summed E-state index contributed by atoms with van der Waals surface area (Å²) in [5.74, 6) is 0.838. The SMILES string of the molecule is O=C(CC1C=CCC1)N1CCCC1c1cccs1. The molecule has 96 valence electrons. The lowest BCUT2D eigenvalue weighted by Gasteiger charge is -2.25. The Bertz CT molecular complexity index is 437. The Morgan fingerprint density at radius 1 is 1.44 bits per heavy atom. The van der Waals surface area contributed by atoms with Gasteiger partial charge >= 0.3 is 0 Å². The van der Waals surface area contributed by atoms with Crippen molar-refractivity contribution in [2.75, 3.05) is 6.54 Å². The van der Waals surface area contributed by atoms with E-state index in [4.69, 9.17) is 0 Å². The fraction of sp³-hybridized carbons (Fsp3) is 0.533. The molecule has 0 spiro atoms. The zero-order valence-corrected chi connectivity index (χ0v) is 11.4. The van der Waals surface area contributed by atoms with Crippen LogP contribution in [-0.2, 0) is 4.79 Å². The molecule has 3 rings (SSSR count). The smallest absolute Gasteiger partial charge is 0.223 e. The molecule has 0 N–H and O–H groups in total. The first-order valence-corrected chi connectivity index (χ1v) is 7.72. The maximum absolute atomic E-state index is 12.4. The fourth-order valence-electron chi connectivity index (χ4n) is 3.05. The lowest BCUT2D eigenvalue weighted by molar-refractivity contribution is -0.132. The van der Waals surface area contributed by atoms with E-state index in [9.17, 15) is 4.79 Å². The highest BCUT2D eigenvalue weighted by Gasteiger charge is 2.31. The van der Waals surface area contributed by atoms with E-state index >= 15 is 0 Å². The largest absolute Gasteiger partial charge is 0.335 e. The first-order valence-electron chi connectivity index (χ1n) is 6.84. The van der Waals surface area contributed by atoms with Crippen molar-refractivity contribution in [3.8, 4) is 0 Å². The number of carbonyl (C=O) groups excluding carboxylic acids is 1. The van der Waals surface area contributed by atoms with Gasteiger partial charge in [-0.15, -0.1) is 11.3 Å². The molecule has 3 heteroatoms. The van der Waals surface area contributed by atoms with Crippen molar-refractivity contribution >= 4 is 17.2 Å². The maximum Gasteiger partial charge on any atom is 0.223 e. The van der Waals surface area contributed by atoms with Crippen molar-refractivity contribution in [1.82, 2.24) is 4.90 Å². The molecule has 1 aliphatic heterocycles. The van der Waals surface area contributed by atoms with E-state index in [1.165, 1.54) is 4.88 Å². The molecule has 1 aromatic heterocycles. The second-order valence-corrected chi connectivity index (χ2v) is 6.21. The molecule has 2 nitrogen and oxygen atoms in total. The number of thiophene rings is 1. The van der Waals surface area contributed by atoms with Crippen LogP contribution in [0.15, 0.2) is 29.7 Å². The number of likely N-dealkylation sites (tertiary alicyclic amines) is 1. The Balaban J connectivity index is 1.66. The summed E-state index contributed by atoms with van der Waals surface area (Å²) < 4.78 is 0. The normalized spacial score (nSPS) is 27.0. The number of nitrogens with zero attached hydrogens (tertiary/aromatic N) is 1. The Hall–Kier alpha value is -1.09. The molecule has 2 heterocycles. The Morgan fingerprint density at radius 2 is 2.39 bits per heavy atom. The van der Waals surface area contributed by atoms with Gasteiger partial charge in [-0.3, -0.25) is 4.79 Å². The molecule has 0 bridgehead atoms. The summed E-state index contributed by atoms with van der Waals surface area (Å²) in [6, 6.07) is 4.60. The van der Waals surface area contributed by atoms with Gasteiger partial charge in [0.1, 0.15) is 0 Å². The monoisotopic (exact) mass is 261 g/mol. The van der Waals surface area contributed by atoms with Crippen LogP contribution in [0.1, 0.15) is 43.0 Å².